The molecule has 0 atom stereocenters. The topological polar surface area (TPSA) is 119 Å². The van der Waals surface area contributed by atoms with Crippen LogP contribution >= 0.6 is 0 Å². The van der Waals surface area contributed by atoms with Gasteiger partial charge in [-0.2, -0.15) is 52.7 Å². The Balaban J connectivity index is 3.27. The van der Waals surface area contributed by atoms with E-state index in [9.17, 15) is 45.6 Å². The maximum Gasteiger partial charge on any atom is 0.417 e. The summed E-state index contributed by atoms with van der Waals surface area (Å²) in [6.07, 6.45) is -11.0. The minimum absolute atomic E-state index is 0.000662. The summed E-state index contributed by atoms with van der Waals surface area (Å²) in [4.78, 5) is 0. The van der Waals surface area contributed by atoms with Crippen LogP contribution in [-0.4, -0.2) is 0 Å². The molecule has 0 aliphatic rings. The van der Waals surface area contributed by atoms with E-state index in [1.807, 2.05) is 0 Å². The number of nitrogens with zero attached hydrogens (tertiary/aromatic N) is 5. The smallest absolute Gasteiger partial charge is 0.206 e. The lowest BCUT2D eigenvalue weighted by Crippen LogP contribution is -2.27. The highest BCUT2D eigenvalue weighted by Crippen LogP contribution is 2.40. The van der Waals surface area contributed by atoms with E-state index in [-0.39, 0.29) is 18.2 Å². The maximum atomic E-state index is 14.8. The fourth-order valence-corrected chi connectivity index (χ4v) is 2.93. The van der Waals surface area contributed by atoms with Crippen LogP contribution in [0.3, 0.4) is 0 Å². The van der Waals surface area contributed by atoms with Crippen molar-refractivity contribution < 1.29 is 35.1 Å². The molecule has 34 heavy (non-hydrogen) atoms. The lowest BCUT2D eigenvalue weighted by Gasteiger charge is -2.16. The Morgan fingerprint density at radius 1 is 0.676 bits per heavy atom. The first-order valence-corrected chi connectivity index (χ1v) is 8.36. The fraction of sp³-hybridized carbons (Fsp3) is 0.0952. The van der Waals surface area contributed by atoms with Gasteiger partial charge in [0.15, 0.2) is 5.82 Å². The van der Waals surface area contributed by atoms with E-state index < -0.39 is 73.4 Å². The largest absolute Gasteiger partial charge is 0.417 e. The number of benzene rings is 2. The third kappa shape index (κ3) is 4.35. The number of halogens is 8. The van der Waals surface area contributed by atoms with Gasteiger partial charge >= 0.3 is 12.4 Å². The van der Waals surface area contributed by atoms with Crippen molar-refractivity contribution >= 4 is 11.1 Å². The summed E-state index contributed by atoms with van der Waals surface area (Å²) in [6.45, 7) is 0. The van der Waals surface area contributed by atoms with Crippen LogP contribution in [0.4, 0.5) is 35.1 Å². The Labute approximate surface area is 184 Å². The number of hydrogen-bond acceptors (Lipinski definition) is 5. The van der Waals surface area contributed by atoms with Gasteiger partial charge in [0, 0.05) is 5.22 Å². The number of hydrogen-bond donors (Lipinski definition) is 0. The zero-order valence-electron chi connectivity index (χ0n) is 16.0. The van der Waals surface area contributed by atoms with Crippen LogP contribution in [0.5, 0.6) is 0 Å². The third-order valence-electron chi connectivity index (χ3n) is 4.33. The van der Waals surface area contributed by atoms with E-state index >= 15 is 0 Å². The molecule has 0 aliphatic heterocycles. The number of nitriles is 5. The SMILES string of the molecule is N#CC(C#N)=c1c(F)c/c(=C(\C#N)c2cc(C(F)(F)F)c(C#N)c(C(F)(F)F)c2)c(C#N)c1F. The van der Waals surface area contributed by atoms with Crippen LogP contribution in [0.25, 0.3) is 11.1 Å². The average Bonchev–Trinajstić information content (AvgIpc) is 2.75. The van der Waals surface area contributed by atoms with Crippen molar-refractivity contribution in [1.82, 2.24) is 0 Å². The van der Waals surface area contributed by atoms with E-state index in [0.717, 1.165) is 6.07 Å². The van der Waals surface area contributed by atoms with Gasteiger partial charge in [-0.1, -0.05) is 0 Å². The highest BCUT2D eigenvalue weighted by molar-refractivity contribution is 5.80. The summed E-state index contributed by atoms with van der Waals surface area (Å²) in [6, 6.07) is 5.77. The van der Waals surface area contributed by atoms with Gasteiger partial charge < -0.3 is 0 Å². The van der Waals surface area contributed by atoms with Crippen LogP contribution in [-0.2, 0) is 12.4 Å². The van der Waals surface area contributed by atoms with E-state index in [0.29, 0.717) is 0 Å². The Kier molecular flexibility index (Phi) is 6.63. The van der Waals surface area contributed by atoms with E-state index in [2.05, 4.69) is 0 Å². The molecule has 13 heteroatoms. The minimum atomic E-state index is -5.50. The minimum Gasteiger partial charge on any atom is -0.206 e. The summed E-state index contributed by atoms with van der Waals surface area (Å²) in [7, 11) is 0. The Morgan fingerprint density at radius 3 is 1.50 bits per heavy atom. The lowest BCUT2D eigenvalue weighted by molar-refractivity contribution is -0.143. The second kappa shape index (κ2) is 8.90. The van der Waals surface area contributed by atoms with Crippen molar-refractivity contribution in [2.24, 2.45) is 0 Å². The number of rotatable bonds is 1. The molecule has 2 aromatic rings. The van der Waals surface area contributed by atoms with Crippen LogP contribution < -0.4 is 10.4 Å². The summed E-state index contributed by atoms with van der Waals surface area (Å²) in [5.74, 6) is -3.51. The summed E-state index contributed by atoms with van der Waals surface area (Å²) in [5.41, 5.74) is -10.6. The first-order valence-electron chi connectivity index (χ1n) is 8.36. The Hall–Kier alpha value is -4.93. The Bertz CT molecular complexity index is 1500. The van der Waals surface area contributed by atoms with Crippen molar-refractivity contribution in [3.63, 3.8) is 0 Å². The molecule has 2 rings (SSSR count). The molecule has 5 nitrogen and oxygen atoms in total. The normalized spacial score (nSPS) is 11.9. The van der Waals surface area contributed by atoms with Crippen LogP contribution in [0.1, 0.15) is 27.8 Å². The first kappa shape index (κ1) is 25.3. The fourth-order valence-electron chi connectivity index (χ4n) is 2.93. The highest BCUT2D eigenvalue weighted by atomic mass is 19.4. The standard InChI is InChI=1S/C21H3F8N5/c22-17-3-11(13(7-33)19(23)18(17)10(4-30)5-31)12(6-32)9-1-15(20(24,25)26)14(8-34)16(2-9)21(27,28)29/h1-3H/b12-11-. The first-order chi connectivity index (χ1) is 15.8. The molecule has 0 spiro atoms. The highest BCUT2D eigenvalue weighted by Gasteiger charge is 2.42. The monoisotopic (exact) mass is 477 g/mol. The van der Waals surface area contributed by atoms with Gasteiger partial charge in [-0.05, 0) is 23.8 Å². The second-order valence-electron chi connectivity index (χ2n) is 6.22. The molecule has 0 amide bonds. The van der Waals surface area contributed by atoms with Gasteiger partial charge in [-0.25, -0.2) is 8.78 Å². The van der Waals surface area contributed by atoms with Crippen molar-refractivity contribution in [3.8, 4) is 30.3 Å². The zero-order chi connectivity index (χ0) is 26.0. The summed E-state index contributed by atoms with van der Waals surface area (Å²) < 4.78 is 110. The quantitative estimate of drug-likeness (QED) is 0.581. The van der Waals surface area contributed by atoms with Crippen LogP contribution in [0.15, 0.2) is 18.2 Å². The molecule has 0 saturated heterocycles. The molecule has 0 radical (unpaired) electrons. The van der Waals surface area contributed by atoms with E-state index in [1.54, 1.807) is 0 Å². The molecular formula is C21H3F8N5. The Morgan fingerprint density at radius 2 is 1.15 bits per heavy atom. The van der Waals surface area contributed by atoms with Gasteiger partial charge in [0.1, 0.15) is 41.7 Å². The molecule has 0 N–H and O–H groups in total. The summed E-state index contributed by atoms with van der Waals surface area (Å²) >= 11 is 0. The third-order valence-corrected chi connectivity index (χ3v) is 4.33. The maximum absolute atomic E-state index is 14.8. The van der Waals surface area contributed by atoms with Gasteiger partial charge in [-0.3, -0.25) is 0 Å². The van der Waals surface area contributed by atoms with Gasteiger partial charge in [-0.15, -0.1) is 0 Å². The molecule has 2 aromatic carbocycles. The lowest BCUT2D eigenvalue weighted by atomic mass is 9.92. The van der Waals surface area contributed by atoms with Crippen molar-refractivity contribution in [3.05, 3.63) is 68.1 Å². The van der Waals surface area contributed by atoms with Crippen LogP contribution in [0.2, 0.25) is 0 Å². The molecule has 0 unspecified atom stereocenters. The predicted molar refractivity (Wildman–Crippen MR) is 94.2 cm³/mol. The molecule has 0 fully saturated rings. The zero-order valence-corrected chi connectivity index (χ0v) is 16.0. The van der Waals surface area contributed by atoms with Gasteiger partial charge in [0.25, 0.3) is 0 Å². The molecule has 0 saturated carbocycles. The second-order valence-corrected chi connectivity index (χ2v) is 6.22. The van der Waals surface area contributed by atoms with Crippen LogP contribution in [0, 0.1) is 68.3 Å². The molecule has 0 aliphatic carbocycles. The molecule has 168 valence electrons. The van der Waals surface area contributed by atoms with Crippen molar-refractivity contribution in [2.75, 3.05) is 0 Å². The summed E-state index contributed by atoms with van der Waals surface area (Å²) in [5, 5.41) is 43.0. The van der Waals surface area contributed by atoms with Gasteiger partial charge in [0.2, 0.25) is 0 Å². The average molecular weight is 477 g/mol. The molecule has 0 aromatic heterocycles. The van der Waals surface area contributed by atoms with Crippen molar-refractivity contribution in [2.45, 2.75) is 12.4 Å². The van der Waals surface area contributed by atoms with Crippen molar-refractivity contribution in [1.29, 1.82) is 26.3 Å². The predicted octanol–water partition coefficient (Wildman–Crippen LogP) is 3.67. The van der Waals surface area contributed by atoms with E-state index in [4.69, 9.17) is 15.8 Å². The number of alkyl halides is 6. The molecular weight excluding hydrogens is 474 g/mol. The van der Waals surface area contributed by atoms with E-state index in [1.165, 1.54) is 24.3 Å². The van der Waals surface area contributed by atoms with Gasteiger partial charge in [0.05, 0.1) is 33.0 Å². The molecule has 0 heterocycles. The molecule has 0 bridgehead atoms.